The van der Waals surface area contributed by atoms with Crippen molar-refractivity contribution in [1.82, 2.24) is 4.98 Å². The molecular formula is C14H16F3N3S. The summed E-state index contributed by atoms with van der Waals surface area (Å²) in [4.78, 5) is 7.36. The van der Waals surface area contributed by atoms with Crippen molar-refractivity contribution in [2.75, 3.05) is 23.3 Å². The third-order valence-electron chi connectivity index (χ3n) is 3.03. The fourth-order valence-electron chi connectivity index (χ4n) is 1.87. The molecule has 2 rings (SSSR count). The lowest BCUT2D eigenvalue weighted by Gasteiger charge is -2.16. The Morgan fingerprint density at radius 3 is 2.33 bits per heavy atom. The monoisotopic (exact) mass is 315 g/mol. The van der Waals surface area contributed by atoms with Crippen molar-refractivity contribution in [2.45, 2.75) is 20.4 Å². The van der Waals surface area contributed by atoms with Gasteiger partial charge in [-0.05, 0) is 13.8 Å². The van der Waals surface area contributed by atoms with E-state index in [4.69, 9.17) is 0 Å². The van der Waals surface area contributed by atoms with Gasteiger partial charge in [-0.3, -0.25) is 0 Å². The van der Waals surface area contributed by atoms with E-state index < -0.39 is 17.5 Å². The van der Waals surface area contributed by atoms with Crippen LogP contribution in [0.25, 0.3) is 0 Å². The highest BCUT2D eigenvalue weighted by molar-refractivity contribution is 7.15. The van der Waals surface area contributed by atoms with E-state index in [-0.39, 0.29) is 5.69 Å². The maximum absolute atomic E-state index is 13.1. The lowest BCUT2D eigenvalue weighted by Crippen LogP contribution is -2.21. The Kier molecular flexibility index (Phi) is 5.06. The van der Waals surface area contributed by atoms with Crippen LogP contribution < -0.4 is 10.2 Å². The van der Waals surface area contributed by atoms with Gasteiger partial charge in [-0.1, -0.05) is 0 Å². The standard InChI is InChI=1S/C14H16F3N3S/c1-3-20(4-2)14-19-8-10(21-14)7-18-9-5-11(15)13(17)12(16)6-9/h5-6,8,18H,3-4,7H2,1-2H3. The van der Waals surface area contributed by atoms with Gasteiger partial charge in [0.15, 0.2) is 22.6 Å². The van der Waals surface area contributed by atoms with Gasteiger partial charge in [-0.15, -0.1) is 11.3 Å². The average Bonchev–Trinajstić information content (AvgIpc) is 2.92. The zero-order valence-electron chi connectivity index (χ0n) is 11.8. The topological polar surface area (TPSA) is 28.2 Å². The highest BCUT2D eigenvalue weighted by Gasteiger charge is 2.11. The predicted octanol–water partition coefficient (Wildman–Crippen LogP) is 4.02. The maximum atomic E-state index is 13.1. The highest BCUT2D eigenvalue weighted by atomic mass is 32.1. The number of anilines is 2. The molecule has 0 saturated heterocycles. The minimum Gasteiger partial charge on any atom is -0.380 e. The van der Waals surface area contributed by atoms with Crippen molar-refractivity contribution in [2.24, 2.45) is 0 Å². The number of hydrogen-bond donors (Lipinski definition) is 1. The van der Waals surface area contributed by atoms with Gasteiger partial charge in [-0.2, -0.15) is 0 Å². The molecule has 1 heterocycles. The second kappa shape index (κ2) is 6.80. The molecule has 114 valence electrons. The van der Waals surface area contributed by atoms with E-state index in [2.05, 4.69) is 15.2 Å². The van der Waals surface area contributed by atoms with Crippen LogP contribution in [0.5, 0.6) is 0 Å². The molecule has 0 bridgehead atoms. The molecular weight excluding hydrogens is 299 g/mol. The first kappa shape index (κ1) is 15.6. The van der Waals surface area contributed by atoms with Crippen molar-refractivity contribution in [1.29, 1.82) is 0 Å². The van der Waals surface area contributed by atoms with E-state index in [1.165, 1.54) is 11.3 Å². The molecule has 1 N–H and O–H groups in total. The molecule has 0 saturated carbocycles. The van der Waals surface area contributed by atoms with E-state index in [0.717, 1.165) is 35.2 Å². The molecule has 0 radical (unpaired) electrons. The molecule has 0 amide bonds. The van der Waals surface area contributed by atoms with Crippen LogP contribution in [0.15, 0.2) is 18.3 Å². The fourth-order valence-corrected chi connectivity index (χ4v) is 2.84. The molecule has 1 aromatic carbocycles. The zero-order valence-corrected chi connectivity index (χ0v) is 12.6. The Labute approximate surface area is 125 Å². The summed E-state index contributed by atoms with van der Waals surface area (Å²) in [5, 5.41) is 3.77. The first-order chi connectivity index (χ1) is 10.0. The van der Waals surface area contributed by atoms with Crippen LogP contribution in [0.4, 0.5) is 24.0 Å². The van der Waals surface area contributed by atoms with Gasteiger partial charge < -0.3 is 10.2 Å². The Morgan fingerprint density at radius 1 is 1.14 bits per heavy atom. The summed E-state index contributed by atoms with van der Waals surface area (Å²) < 4.78 is 39.0. The van der Waals surface area contributed by atoms with Gasteiger partial charge in [0.25, 0.3) is 0 Å². The lowest BCUT2D eigenvalue weighted by atomic mass is 10.3. The molecule has 0 aliphatic rings. The van der Waals surface area contributed by atoms with Crippen molar-refractivity contribution in [3.63, 3.8) is 0 Å². The van der Waals surface area contributed by atoms with E-state index in [1.54, 1.807) is 6.20 Å². The third kappa shape index (κ3) is 3.66. The highest BCUT2D eigenvalue weighted by Crippen LogP contribution is 2.24. The molecule has 0 spiro atoms. The van der Waals surface area contributed by atoms with Crippen LogP contribution in [0.2, 0.25) is 0 Å². The van der Waals surface area contributed by atoms with Crippen LogP contribution in [0.1, 0.15) is 18.7 Å². The Hall–Kier alpha value is -1.76. The number of hydrogen-bond acceptors (Lipinski definition) is 4. The fraction of sp³-hybridized carbons (Fsp3) is 0.357. The van der Waals surface area contributed by atoms with Gasteiger partial charge in [-0.25, -0.2) is 18.2 Å². The summed E-state index contributed by atoms with van der Waals surface area (Å²) in [6, 6.07) is 1.87. The molecule has 0 unspecified atom stereocenters. The van der Waals surface area contributed by atoms with Crippen molar-refractivity contribution in [3.05, 3.63) is 40.7 Å². The number of aromatic nitrogens is 1. The summed E-state index contributed by atoms with van der Waals surface area (Å²) >= 11 is 1.51. The van der Waals surface area contributed by atoms with Crippen LogP contribution in [-0.2, 0) is 6.54 Å². The average molecular weight is 315 g/mol. The van der Waals surface area contributed by atoms with Gasteiger partial charge >= 0.3 is 0 Å². The quantitative estimate of drug-likeness (QED) is 0.816. The zero-order chi connectivity index (χ0) is 15.4. The van der Waals surface area contributed by atoms with Gasteiger partial charge in [0.1, 0.15) is 0 Å². The van der Waals surface area contributed by atoms with Crippen molar-refractivity contribution < 1.29 is 13.2 Å². The Morgan fingerprint density at radius 2 is 1.76 bits per heavy atom. The van der Waals surface area contributed by atoms with Crippen LogP contribution in [0.3, 0.4) is 0 Å². The Bertz CT molecular complexity index is 588. The normalized spacial score (nSPS) is 10.7. The van der Waals surface area contributed by atoms with E-state index in [0.29, 0.717) is 6.54 Å². The molecule has 0 atom stereocenters. The predicted molar refractivity (Wildman–Crippen MR) is 79.3 cm³/mol. The summed E-state index contributed by atoms with van der Waals surface area (Å²) in [5.74, 6) is -3.86. The first-order valence-corrected chi connectivity index (χ1v) is 7.44. The SMILES string of the molecule is CCN(CC)c1ncc(CNc2cc(F)c(F)c(F)c2)s1. The van der Waals surface area contributed by atoms with Crippen LogP contribution >= 0.6 is 11.3 Å². The second-order valence-electron chi connectivity index (χ2n) is 4.39. The largest absolute Gasteiger partial charge is 0.380 e. The number of benzene rings is 1. The van der Waals surface area contributed by atoms with Crippen molar-refractivity contribution in [3.8, 4) is 0 Å². The van der Waals surface area contributed by atoms with Gasteiger partial charge in [0, 0.05) is 42.0 Å². The molecule has 2 aromatic rings. The summed E-state index contributed by atoms with van der Waals surface area (Å²) in [6.07, 6.45) is 1.72. The third-order valence-corrected chi connectivity index (χ3v) is 4.08. The molecule has 0 fully saturated rings. The van der Waals surface area contributed by atoms with Gasteiger partial charge in [0.05, 0.1) is 6.54 Å². The number of thiazole rings is 1. The number of halogens is 3. The number of nitrogens with one attached hydrogen (secondary N) is 1. The maximum Gasteiger partial charge on any atom is 0.194 e. The van der Waals surface area contributed by atoms with E-state index in [9.17, 15) is 13.2 Å². The number of rotatable bonds is 6. The van der Waals surface area contributed by atoms with Gasteiger partial charge in [0.2, 0.25) is 0 Å². The minimum absolute atomic E-state index is 0.198. The molecule has 0 aliphatic heterocycles. The minimum atomic E-state index is -1.46. The Balaban J connectivity index is 2.03. The molecule has 0 aliphatic carbocycles. The first-order valence-electron chi connectivity index (χ1n) is 6.63. The molecule has 7 heteroatoms. The lowest BCUT2D eigenvalue weighted by molar-refractivity contribution is 0.447. The molecule has 21 heavy (non-hydrogen) atoms. The van der Waals surface area contributed by atoms with E-state index in [1.807, 2.05) is 13.8 Å². The van der Waals surface area contributed by atoms with Crippen LogP contribution in [0, 0.1) is 17.5 Å². The molecule has 1 aromatic heterocycles. The van der Waals surface area contributed by atoms with E-state index >= 15 is 0 Å². The smallest absolute Gasteiger partial charge is 0.194 e. The second-order valence-corrected chi connectivity index (χ2v) is 5.48. The summed E-state index contributed by atoms with van der Waals surface area (Å²) in [5.41, 5.74) is 0.198. The number of nitrogens with zero attached hydrogens (tertiary/aromatic N) is 2. The summed E-state index contributed by atoms with van der Waals surface area (Å²) in [7, 11) is 0. The van der Waals surface area contributed by atoms with Crippen LogP contribution in [-0.4, -0.2) is 18.1 Å². The molecule has 3 nitrogen and oxygen atoms in total. The summed E-state index contributed by atoms with van der Waals surface area (Å²) in [6.45, 7) is 6.21. The van der Waals surface area contributed by atoms with Crippen molar-refractivity contribution >= 4 is 22.2 Å².